The number of carbonyl (C=O) groups excluding carboxylic acids is 1. The number of aryl methyl sites for hydroxylation is 1. The summed E-state index contributed by atoms with van der Waals surface area (Å²) in [6.07, 6.45) is 3.16. The molecule has 0 aliphatic rings. The van der Waals surface area contributed by atoms with Crippen molar-refractivity contribution in [3.63, 3.8) is 0 Å². The van der Waals surface area contributed by atoms with Crippen LogP contribution in [0, 0.1) is 6.92 Å². The molecule has 0 radical (unpaired) electrons. The number of nitrogens with one attached hydrogen (secondary N) is 2. The molecule has 0 atom stereocenters. The van der Waals surface area contributed by atoms with Crippen molar-refractivity contribution in [2.75, 3.05) is 17.7 Å². The first kappa shape index (κ1) is 12.0. The van der Waals surface area contributed by atoms with Gasteiger partial charge < -0.3 is 5.32 Å². The Morgan fingerprint density at radius 1 is 1.22 bits per heavy atom. The van der Waals surface area contributed by atoms with Crippen molar-refractivity contribution in [3.8, 4) is 0 Å². The number of benzene rings is 1. The molecule has 0 aliphatic carbocycles. The minimum Gasteiger partial charge on any atom is -0.387 e. The summed E-state index contributed by atoms with van der Waals surface area (Å²) in [4.78, 5) is 20.0. The van der Waals surface area contributed by atoms with Gasteiger partial charge in [0.25, 0.3) is 5.91 Å². The first-order valence-corrected chi connectivity index (χ1v) is 5.57. The smallest absolute Gasteiger partial charge is 0.260 e. The fraction of sp³-hybridized carbons (Fsp3) is 0.154. The third-order valence-electron chi connectivity index (χ3n) is 2.48. The average molecular weight is 242 g/mol. The van der Waals surface area contributed by atoms with Gasteiger partial charge in [0.15, 0.2) is 0 Å². The van der Waals surface area contributed by atoms with Gasteiger partial charge >= 0.3 is 0 Å². The van der Waals surface area contributed by atoms with Crippen LogP contribution in [0.5, 0.6) is 0 Å². The van der Waals surface area contributed by atoms with Crippen molar-refractivity contribution < 1.29 is 4.79 Å². The Hall–Kier alpha value is -2.43. The van der Waals surface area contributed by atoms with Crippen LogP contribution in [0.25, 0.3) is 0 Å². The van der Waals surface area contributed by atoms with Gasteiger partial charge in [-0.2, -0.15) is 0 Å². The quantitative estimate of drug-likeness (QED) is 0.864. The summed E-state index contributed by atoms with van der Waals surface area (Å²) < 4.78 is 0. The van der Waals surface area contributed by atoms with E-state index < -0.39 is 0 Å². The van der Waals surface area contributed by atoms with E-state index in [9.17, 15) is 4.79 Å². The summed E-state index contributed by atoms with van der Waals surface area (Å²) >= 11 is 0. The van der Waals surface area contributed by atoms with Crippen molar-refractivity contribution in [1.29, 1.82) is 0 Å². The summed E-state index contributed by atoms with van der Waals surface area (Å²) in [5.74, 6) is 0.0654. The molecule has 0 saturated carbocycles. The van der Waals surface area contributed by atoms with E-state index in [0.29, 0.717) is 11.5 Å². The molecule has 92 valence electrons. The molecule has 0 saturated heterocycles. The predicted octanol–water partition coefficient (Wildman–Crippen LogP) is 2.08. The Balaban J connectivity index is 2.24. The Morgan fingerprint density at radius 3 is 2.61 bits per heavy atom. The van der Waals surface area contributed by atoms with E-state index in [2.05, 4.69) is 20.6 Å². The normalized spacial score (nSPS) is 9.89. The summed E-state index contributed by atoms with van der Waals surface area (Å²) in [7, 11) is 1.78. The number of nitrogens with zero attached hydrogens (tertiary/aromatic N) is 2. The van der Waals surface area contributed by atoms with Crippen LogP contribution in [-0.4, -0.2) is 22.9 Å². The van der Waals surface area contributed by atoms with Crippen molar-refractivity contribution in [1.82, 2.24) is 9.97 Å². The monoisotopic (exact) mass is 242 g/mol. The second-order valence-corrected chi connectivity index (χ2v) is 3.83. The summed E-state index contributed by atoms with van der Waals surface area (Å²) in [5, 5.41) is 5.65. The van der Waals surface area contributed by atoms with Crippen molar-refractivity contribution in [2.45, 2.75) is 6.92 Å². The zero-order valence-electron chi connectivity index (χ0n) is 10.3. The lowest BCUT2D eigenvalue weighted by Gasteiger charge is -2.09. The molecule has 0 bridgehead atoms. The molecule has 1 heterocycles. The molecule has 0 unspecified atom stereocenters. The van der Waals surface area contributed by atoms with Crippen LogP contribution in [0.4, 0.5) is 11.6 Å². The van der Waals surface area contributed by atoms with Crippen LogP contribution in [0.1, 0.15) is 15.9 Å². The number of hydrogen-bond donors (Lipinski definition) is 2. The topological polar surface area (TPSA) is 66.9 Å². The molecule has 5 nitrogen and oxygen atoms in total. The highest BCUT2D eigenvalue weighted by Gasteiger charge is 2.11. The molecule has 2 rings (SSSR count). The van der Waals surface area contributed by atoms with Gasteiger partial charge in [-0.3, -0.25) is 10.1 Å². The predicted molar refractivity (Wildman–Crippen MR) is 70.7 cm³/mol. The molecule has 2 aromatic rings. The Labute approximate surface area is 105 Å². The van der Waals surface area contributed by atoms with E-state index in [-0.39, 0.29) is 5.91 Å². The molecule has 0 aliphatic heterocycles. The molecular formula is C13H14N4O. The van der Waals surface area contributed by atoms with Crippen molar-refractivity contribution >= 4 is 17.5 Å². The Kier molecular flexibility index (Phi) is 3.52. The van der Waals surface area contributed by atoms with Crippen LogP contribution < -0.4 is 10.6 Å². The van der Waals surface area contributed by atoms with Gasteiger partial charge in [0, 0.05) is 25.1 Å². The summed E-state index contributed by atoms with van der Waals surface area (Å²) in [6, 6.07) is 7.28. The van der Waals surface area contributed by atoms with Crippen LogP contribution in [0.2, 0.25) is 0 Å². The van der Waals surface area contributed by atoms with Gasteiger partial charge in [0.1, 0.15) is 0 Å². The van der Waals surface area contributed by atoms with Crippen LogP contribution in [-0.2, 0) is 0 Å². The molecule has 5 heteroatoms. The second-order valence-electron chi connectivity index (χ2n) is 3.83. The van der Waals surface area contributed by atoms with E-state index in [1.165, 1.54) is 0 Å². The van der Waals surface area contributed by atoms with Gasteiger partial charge in [-0.05, 0) is 30.7 Å². The van der Waals surface area contributed by atoms with Gasteiger partial charge in [-0.1, -0.05) is 6.07 Å². The maximum atomic E-state index is 12.1. The van der Waals surface area contributed by atoms with E-state index in [1.54, 1.807) is 31.6 Å². The molecule has 1 aromatic carbocycles. The summed E-state index contributed by atoms with van der Waals surface area (Å²) in [6.45, 7) is 1.98. The van der Waals surface area contributed by atoms with Crippen LogP contribution in [0.3, 0.4) is 0 Å². The third kappa shape index (κ3) is 2.63. The molecular weight excluding hydrogens is 228 g/mol. The lowest BCUT2D eigenvalue weighted by molar-refractivity contribution is 0.102. The van der Waals surface area contributed by atoms with E-state index in [1.807, 2.05) is 19.1 Å². The number of hydrogen-bond acceptors (Lipinski definition) is 4. The minimum atomic E-state index is -0.231. The van der Waals surface area contributed by atoms with E-state index in [4.69, 9.17) is 0 Å². The van der Waals surface area contributed by atoms with E-state index >= 15 is 0 Å². The molecule has 18 heavy (non-hydrogen) atoms. The first-order chi connectivity index (χ1) is 8.70. The number of carbonyl (C=O) groups is 1. The minimum absolute atomic E-state index is 0.231. The molecule has 1 aromatic heterocycles. The highest BCUT2D eigenvalue weighted by atomic mass is 16.1. The summed E-state index contributed by atoms with van der Waals surface area (Å²) in [5.41, 5.74) is 2.44. The maximum absolute atomic E-state index is 12.1. The van der Waals surface area contributed by atoms with Crippen molar-refractivity contribution in [3.05, 3.63) is 47.8 Å². The van der Waals surface area contributed by atoms with Gasteiger partial charge in [-0.25, -0.2) is 9.97 Å². The van der Waals surface area contributed by atoms with E-state index in [0.717, 1.165) is 11.3 Å². The Bertz CT molecular complexity index is 554. The zero-order valence-corrected chi connectivity index (χ0v) is 10.3. The van der Waals surface area contributed by atoms with Gasteiger partial charge in [0.2, 0.25) is 5.95 Å². The van der Waals surface area contributed by atoms with Gasteiger partial charge in [0.05, 0.1) is 5.56 Å². The van der Waals surface area contributed by atoms with Crippen molar-refractivity contribution in [2.24, 2.45) is 0 Å². The fourth-order valence-electron chi connectivity index (χ4n) is 1.60. The second kappa shape index (κ2) is 5.27. The highest BCUT2D eigenvalue weighted by Crippen LogP contribution is 2.17. The van der Waals surface area contributed by atoms with Gasteiger partial charge in [-0.15, -0.1) is 0 Å². The number of rotatable bonds is 3. The first-order valence-electron chi connectivity index (χ1n) is 5.57. The molecule has 1 amide bonds. The standard InChI is InChI=1S/C13H14N4O/c1-9-4-5-10(11(8-9)14-2)12(18)17-13-15-6-3-7-16-13/h3-8,14H,1-2H3,(H,15,16,17,18). The number of amides is 1. The highest BCUT2D eigenvalue weighted by molar-refractivity contribution is 6.07. The molecule has 2 N–H and O–H groups in total. The molecule has 0 fully saturated rings. The number of aromatic nitrogens is 2. The number of anilines is 2. The molecule has 0 spiro atoms. The lowest BCUT2D eigenvalue weighted by atomic mass is 10.1. The van der Waals surface area contributed by atoms with Crippen LogP contribution >= 0.6 is 0 Å². The average Bonchev–Trinajstić information content (AvgIpc) is 2.39. The SMILES string of the molecule is CNc1cc(C)ccc1C(=O)Nc1ncccn1. The zero-order chi connectivity index (χ0) is 13.0. The lowest BCUT2D eigenvalue weighted by Crippen LogP contribution is -2.15. The maximum Gasteiger partial charge on any atom is 0.260 e. The Morgan fingerprint density at radius 2 is 1.94 bits per heavy atom. The largest absolute Gasteiger partial charge is 0.387 e. The fourth-order valence-corrected chi connectivity index (χ4v) is 1.60. The van der Waals surface area contributed by atoms with Crippen LogP contribution in [0.15, 0.2) is 36.7 Å². The third-order valence-corrected chi connectivity index (χ3v) is 2.48.